The van der Waals surface area contributed by atoms with E-state index in [1.165, 1.54) is 6.20 Å². The topological polar surface area (TPSA) is 74.8 Å². The SMILES string of the molecule is O=S(=O)(NC1CCC(C(F)(F)F)CC1)c1cn[nH]c1. The van der Waals surface area contributed by atoms with Gasteiger partial charge >= 0.3 is 6.18 Å². The highest BCUT2D eigenvalue weighted by molar-refractivity contribution is 7.89. The number of sulfonamides is 1. The first-order valence-electron chi connectivity index (χ1n) is 5.87. The van der Waals surface area contributed by atoms with Crippen LogP contribution in [0.3, 0.4) is 0 Å². The van der Waals surface area contributed by atoms with Crippen LogP contribution in [0, 0.1) is 5.92 Å². The van der Waals surface area contributed by atoms with Crippen molar-refractivity contribution in [1.29, 1.82) is 0 Å². The molecule has 0 aromatic carbocycles. The zero-order chi connectivity index (χ0) is 14.1. The molecule has 9 heteroatoms. The van der Waals surface area contributed by atoms with Gasteiger partial charge in [-0.25, -0.2) is 13.1 Å². The highest BCUT2D eigenvalue weighted by atomic mass is 32.2. The molecule has 1 fully saturated rings. The van der Waals surface area contributed by atoms with Crippen LogP contribution in [-0.4, -0.2) is 30.8 Å². The maximum atomic E-state index is 12.5. The molecule has 1 aromatic rings. The van der Waals surface area contributed by atoms with Gasteiger partial charge in [0.25, 0.3) is 0 Å². The van der Waals surface area contributed by atoms with Crippen LogP contribution >= 0.6 is 0 Å². The standard InChI is InChI=1S/C10H14F3N3O2S/c11-10(12,13)7-1-3-8(4-2-7)16-19(17,18)9-5-14-15-6-9/h5-8,16H,1-4H2,(H,14,15). The molecule has 2 rings (SSSR count). The Morgan fingerprint density at radius 2 is 1.89 bits per heavy atom. The molecule has 1 aliphatic carbocycles. The Kier molecular flexibility index (Phi) is 3.86. The number of alkyl halides is 3. The van der Waals surface area contributed by atoms with Crippen molar-refractivity contribution in [2.45, 2.75) is 42.8 Å². The lowest BCUT2D eigenvalue weighted by Crippen LogP contribution is -2.39. The van der Waals surface area contributed by atoms with Gasteiger partial charge in [-0.3, -0.25) is 5.10 Å². The number of halogens is 3. The van der Waals surface area contributed by atoms with E-state index in [0.717, 1.165) is 6.20 Å². The van der Waals surface area contributed by atoms with E-state index in [9.17, 15) is 21.6 Å². The van der Waals surface area contributed by atoms with Crippen LogP contribution in [0.5, 0.6) is 0 Å². The third kappa shape index (κ3) is 3.47. The van der Waals surface area contributed by atoms with E-state index in [0.29, 0.717) is 0 Å². The Labute approximate surface area is 108 Å². The quantitative estimate of drug-likeness (QED) is 0.893. The molecular weight excluding hydrogens is 283 g/mol. The van der Waals surface area contributed by atoms with Crippen molar-refractivity contribution >= 4 is 10.0 Å². The first-order valence-corrected chi connectivity index (χ1v) is 7.35. The third-order valence-corrected chi connectivity index (χ3v) is 4.78. The van der Waals surface area contributed by atoms with E-state index in [-0.39, 0.29) is 30.6 Å². The molecule has 1 aromatic heterocycles. The van der Waals surface area contributed by atoms with Gasteiger partial charge in [0.1, 0.15) is 4.90 Å². The molecule has 0 radical (unpaired) electrons. The van der Waals surface area contributed by atoms with Crippen molar-refractivity contribution in [1.82, 2.24) is 14.9 Å². The summed E-state index contributed by atoms with van der Waals surface area (Å²) in [7, 11) is -3.69. The second-order valence-corrected chi connectivity index (χ2v) is 6.36. The summed E-state index contributed by atoms with van der Waals surface area (Å²) in [6, 6.07) is -0.446. The molecule has 0 amide bonds. The fourth-order valence-electron chi connectivity index (χ4n) is 2.21. The van der Waals surface area contributed by atoms with Crippen LogP contribution in [0.15, 0.2) is 17.3 Å². The molecule has 0 aliphatic heterocycles. The molecule has 2 N–H and O–H groups in total. The Morgan fingerprint density at radius 3 is 2.37 bits per heavy atom. The van der Waals surface area contributed by atoms with Gasteiger partial charge in [0.2, 0.25) is 10.0 Å². The number of rotatable bonds is 3. The molecule has 0 saturated heterocycles. The van der Waals surface area contributed by atoms with Crippen molar-refractivity contribution in [2.24, 2.45) is 5.92 Å². The van der Waals surface area contributed by atoms with Gasteiger partial charge in [0, 0.05) is 12.2 Å². The maximum absolute atomic E-state index is 12.5. The fourth-order valence-corrected chi connectivity index (χ4v) is 3.42. The maximum Gasteiger partial charge on any atom is 0.391 e. The molecule has 1 heterocycles. The molecule has 0 atom stereocenters. The molecule has 5 nitrogen and oxygen atoms in total. The lowest BCUT2D eigenvalue weighted by molar-refractivity contribution is -0.182. The summed E-state index contributed by atoms with van der Waals surface area (Å²) in [4.78, 5) is -0.00885. The summed E-state index contributed by atoms with van der Waals surface area (Å²) in [5.41, 5.74) is 0. The van der Waals surface area contributed by atoms with Gasteiger partial charge in [0.15, 0.2) is 0 Å². The number of H-pyrrole nitrogens is 1. The van der Waals surface area contributed by atoms with E-state index in [4.69, 9.17) is 0 Å². The van der Waals surface area contributed by atoms with Crippen molar-refractivity contribution in [3.05, 3.63) is 12.4 Å². The highest BCUT2D eigenvalue weighted by Crippen LogP contribution is 2.37. The fraction of sp³-hybridized carbons (Fsp3) is 0.700. The molecule has 19 heavy (non-hydrogen) atoms. The van der Waals surface area contributed by atoms with E-state index in [1.54, 1.807) is 0 Å². The van der Waals surface area contributed by atoms with Crippen molar-refractivity contribution in [3.63, 3.8) is 0 Å². The summed E-state index contributed by atoms with van der Waals surface area (Å²) in [5.74, 6) is -1.32. The van der Waals surface area contributed by atoms with Crippen LogP contribution in [-0.2, 0) is 10.0 Å². The van der Waals surface area contributed by atoms with Gasteiger partial charge in [-0.2, -0.15) is 18.3 Å². The molecule has 108 valence electrons. The zero-order valence-electron chi connectivity index (χ0n) is 9.94. The van der Waals surface area contributed by atoms with Crippen molar-refractivity contribution < 1.29 is 21.6 Å². The summed E-state index contributed by atoms with van der Waals surface area (Å²) < 4.78 is 63.5. The summed E-state index contributed by atoms with van der Waals surface area (Å²) in [5, 5.41) is 5.92. The van der Waals surface area contributed by atoms with Crippen LogP contribution in [0.2, 0.25) is 0 Å². The smallest absolute Gasteiger partial charge is 0.284 e. The van der Waals surface area contributed by atoms with Gasteiger partial charge in [-0.05, 0) is 25.7 Å². The predicted molar refractivity (Wildman–Crippen MR) is 60.7 cm³/mol. The molecule has 1 saturated carbocycles. The van der Waals surface area contributed by atoms with E-state index < -0.39 is 28.2 Å². The van der Waals surface area contributed by atoms with Crippen molar-refractivity contribution in [2.75, 3.05) is 0 Å². The molecule has 0 bridgehead atoms. The Hall–Kier alpha value is -1.09. The van der Waals surface area contributed by atoms with Crippen LogP contribution in [0.1, 0.15) is 25.7 Å². The minimum absolute atomic E-state index is 0.00885. The summed E-state index contributed by atoms with van der Waals surface area (Å²) in [6.07, 6.45) is -1.49. The second-order valence-electron chi connectivity index (χ2n) is 4.65. The molecule has 1 aliphatic rings. The number of aromatic amines is 1. The van der Waals surface area contributed by atoms with Gasteiger partial charge < -0.3 is 0 Å². The number of nitrogens with zero attached hydrogens (tertiary/aromatic N) is 1. The van der Waals surface area contributed by atoms with Gasteiger partial charge in [0.05, 0.1) is 12.1 Å². The summed E-state index contributed by atoms with van der Waals surface area (Å²) in [6.45, 7) is 0. The van der Waals surface area contributed by atoms with E-state index >= 15 is 0 Å². The van der Waals surface area contributed by atoms with Crippen LogP contribution in [0.25, 0.3) is 0 Å². The predicted octanol–water partition coefficient (Wildman–Crippen LogP) is 1.81. The largest absolute Gasteiger partial charge is 0.391 e. The van der Waals surface area contributed by atoms with Crippen LogP contribution in [0.4, 0.5) is 13.2 Å². The minimum Gasteiger partial charge on any atom is -0.284 e. The second kappa shape index (κ2) is 5.12. The number of aromatic nitrogens is 2. The van der Waals surface area contributed by atoms with Gasteiger partial charge in [-0.15, -0.1) is 0 Å². The molecule has 0 unspecified atom stereocenters. The Balaban J connectivity index is 1.93. The lowest BCUT2D eigenvalue weighted by Gasteiger charge is -2.29. The number of hydrogen-bond acceptors (Lipinski definition) is 3. The third-order valence-electron chi connectivity index (χ3n) is 3.30. The number of nitrogens with one attached hydrogen (secondary N) is 2. The molecule has 0 spiro atoms. The average molecular weight is 297 g/mol. The number of hydrogen-bond donors (Lipinski definition) is 2. The lowest BCUT2D eigenvalue weighted by atomic mass is 9.86. The first kappa shape index (κ1) is 14.3. The van der Waals surface area contributed by atoms with Gasteiger partial charge in [-0.1, -0.05) is 0 Å². The monoisotopic (exact) mass is 297 g/mol. The normalized spacial score (nSPS) is 25.4. The van der Waals surface area contributed by atoms with Crippen LogP contribution < -0.4 is 4.72 Å². The Bertz CT molecular complexity index is 505. The minimum atomic E-state index is -4.19. The molecular formula is C10H14F3N3O2S. The Morgan fingerprint density at radius 1 is 1.26 bits per heavy atom. The van der Waals surface area contributed by atoms with E-state index in [1.807, 2.05) is 0 Å². The van der Waals surface area contributed by atoms with E-state index in [2.05, 4.69) is 14.9 Å². The highest BCUT2D eigenvalue weighted by Gasteiger charge is 2.41. The summed E-state index contributed by atoms with van der Waals surface area (Å²) >= 11 is 0. The van der Waals surface area contributed by atoms with Crippen molar-refractivity contribution in [3.8, 4) is 0 Å². The zero-order valence-corrected chi connectivity index (χ0v) is 10.8. The average Bonchev–Trinajstić information content (AvgIpc) is 2.82. The first-order chi connectivity index (χ1) is 8.79.